The Morgan fingerprint density at radius 2 is 1.74 bits per heavy atom. The lowest BCUT2D eigenvalue weighted by Gasteiger charge is -2.09. The van der Waals surface area contributed by atoms with Crippen LogP contribution >= 0.6 is 11.6 Å². The van der Waals surface area contributed by atoms with Gasteiger partial charge in [-0.3, -0.25) is 0 Å². The van der Waals surface area contributed by atoms with E-state index in [9.17, 15) is 0 Å². The molecule has 0 aromatic heterocycles. The van der Waals surface area contributed by atoms with E-state index in [1.807, 2.05) is 18.2 Å². The van der Waals surface area contributed by atoms with Gasteiger partial charge in [-0.15, -0.1) is 0 Å². The smallest absolute Gasteiger partial charge is 0.121 e. The predicted molar refractivity (Wildman–Crippen MR) is 79.6 cm³/mol. The predicted octanol–water partition coefficient (Wildman–Crippen LogP) is 3.99. The minimum atomic E-state index is 0.441. The molecule has 0 amide bonds. The fraction of sp³-hybridized carbons (Fsp3) is 0.250. The van der Waals surface area contributed by atoms with E-state index < -0.39 is 0 Å². The van der Waals surface area contributed by atoms with E-state index >= 15 is 0 Å². The van der Waals surface area contributed by atoms with Crippen LogP contribution in [0, 0.1) is 13.8 Å². The van der Waals surface area contributed by atoms with E-state index in [1.54, 1.807) is 0 Å². The van der Waals surface area contributed by atoms with Crippen molar-refractivity contribution in [2.45, 2.75) is 27.0 Å². The van der Waals surface area contributed by atoms with Crippen molar-refractivity contribution in [3.8, 4) is 5.75 Å². The first kappa shape index (κ1) is 13.9. The van der Waals surface area contributed by atoms with Crippen LogP contribution in [0.3, 0.4) is 0 Å². The highest BCUT2D eigenvalue weighted by Gasteiger charge is 2.02. The molecule has 0 radical (unpaired) electrons. The molecule has 2 aromatic carbocycles. The van der Waals surface area contributed by atoms with Crippen molar-refractivity contribution in [3.05, 3.63) is 63.7 Å². The van der Waals surface area contributed by atoms with Crippen molar-refractivity contribution in [2.75, 3.05) is 0 Å². The molecule has 2 N–H and O–H groups in total. The first-order valence-corrected chi connectivity index (χ1v) is 6.65. The molecular formula is C16H18ClNO. The van der Waals surface area contributed by atoms with Gasteiger partial charge in [-0.2, -0.15) is 0 Å². The summed E-state index contributed by atoms with van der Waals surface area (Å²) in [5.74, 6) is 0.765. The van der Waals surface area contributed by atoms with Gasteiger partial charge in [-0.1, -0.05) is 47.0 Å². The second-order valence-corrected chi connectivity index (χ2v) is 5.15. The molecule has 0 fully saturated rings. The zero-order valence-electron chi connectivity index (χ0n) is 11.2. The Bertz CT molecular complexity index is 561. The molecule has 2 nitrogen and oxygen atoms in total. The maximum atomic E-state index is 6.10. The topological polar surface area (TPSA) is 35.2 Å². The highest BCUT2D eigenvalue weighted by Crippen LogP contribution is 2.23. The molecule has 19 heavy (non-hydrogen) atoms. The average molecular weight is 276 g/mol. The SMILES string of the molecule is Cc1cc(C)cc(COc2ccc(CN)c(Cl)c2)c1. The van der Waals surface area contributed by atoms with Gasteiger partial charge in [0.15, 0.2) is 0 Å². The quantitative estimate of drug-likeness (QED) is 0.915. The summed E-state index contributed by atoms with van der Waals surface area (Å²) in [6.07, 6.45) is 0. The number of nitrogens with two attached hydrogens (primary N) is 1. The Balaban J connectivity index is 2.08. The van der Waals surface area contributed by atoms with Crippen LogP contribution < -0.4 is 10.5 Å². The Morgan fingerprint density at radius 1 is 1.05 bits per heavy atom. The standard InChI is InChI=1S/C16H18ClNO/c1-11-5-12(2)7-13(6-11)10-19-15-4-3-14(9-18)16(17)8-15/h3-8H,9-10,18H2,1-2H3. The van der Waals surface area contributed by atoms with Crippen molar-refractivity contribution in [2.24, 2.45) is 5.73 Å². The first-order valence-electron chi connectivity index (χ1n) is 6.27. The highest BCUT2D eigenvalue weighted by atomic mass is 35.5. The molecule has 0 saturated heterocycles. The third-order valence-corrected chi connectivity index (χ3v) is 3.28. The fourth-order valence-corrected chi connectivity index (χ4v) is 2.35. The minimum Gasteiger partial charge on any atom is -0.489 e. The van der Waals surface area contributed by atoms with Crippen molar-refractivity contribution >= 4 is 11.6 Å². The van der Waals surface area contributed by atoms with Crippen LogP contribution in [-0.4, -0.2) is 0 Å². The summed E-state index contributed by atoms with van der Waals surface area (Å²) in [7, 11) is 0. The van der Waals surface area contributed by atoms with E-state index in [0.717, 1.165) is 16.9 Å². The third kappa shape index (κ3) is 3.72. The number of benzene rings is 2. The van der Waals surface area contributed by atoms with Crippen LogP contribution in [0.25, 0.3) is 0 Å². The van der Waals surface area contributed by atoms with Crippen LogP contribution in [0.2, 0.25) is 5.02 Å². The number of aryl methyl sites for hydroxylation is 2. The Kier molecular flexibility index (Phi) is 4.46. The maximum absolute atomic E-state index is 6.10. The molecule has 0 saturated carbocycles. The van der Waals surface area contributed by atoms with Crippen LogP contribution in [0.5, 0.6) is 5.75 Å². The Hall–Kier alpha value is -1.51. The lowest BCUT2D eigenvalue weighted by molar-refractivity contribution is 0.306. The molecule has 3 heteroatoms. The summed E-state index contributed by atoms with van der Waals surface area (Å²) in [6.45, 7) is 5.16. The molecule has 0 atom stereocenters. The van der Waals surface area contributed by atoms with Crippen LogP contribution in [0.15, 0.2) is 36.4 Å². The van der Waals surface area contributed by atoms with E-state index in [1.165, 1.54) is 11.1 Å². The monoisotopic (exact) mass is 275 g/mol. The van der Waals surface area contributed by atoms with Crippen LogP contribution in [0.1, 0.15) is 22.3 Å². The van der Waals surface area contributed by atoms with Crippen molar-refractivity contribution in [1.82, 2.24) is 0 Å². The van der Waals surface area contributed by atoms with Gasteiger partial charge in [-0.05, 0) is 37.1 Å². The number of rotatable bonds is 4. The summed E-state index contributed by atoms with van der Waals surface area (Å²) in [5.41, 5.74) is 10.2. The average Bonchev–Trinajstić information content (AvgIpc) is 2.35. The second kappa shape index (κ2) is 6.09. The lowest BCUT2D eigenvalue weighted by atomic mass is 10.1. The summed E-state index contributed by atoms with van der Waals surface area (Å²) < 4.78 is 5.76. The molecule has 100 valence electrons. The summed E-state index contributed by atoms with van der Waals surface area (Å²) in [6, 6.07) is 12.0. The third-order valence-electron chi connectivity index (χ3n) is 2.93. The van der Waals surface area contributed by atoms with E-state index in [4.69, 9.17) is 22.1 Å². The zero-order valence-corrected chi connectivity index (χ0v) is 12.0. The molecule has 0 unspecified atom stereocenters. The van der Waals surface area contributed by atoms with Gasteiger partial charge >= 0.3 is 0 Å². The number of hydrogen-bond acceptors (Lipinski definition) is 2. The van der Waals surface area contributed by atoms with Gasteiger partial charge in [0.25, 0.3) is 0 Å². The molecule has 0 aliphatic carbocycles. The van der Waals surface area contributed by atoms with Crippen molar-refractivity contribution < 1.29 is 4.74 Å². The molecule has 0 aliphatic rings. The molecule has 0 spiro atoms. The number of ether oxygens (including phenoxy) is 1. The summed E-state index contributed by atoms with van der Waals surface area (Å²) in [4.78, 5) is 0. The maximum Gasteiger partial charge on any atom is 0.121 e. The van der Waals surface area contributed by atoms with Crippen LogP contribution in [0.4, 0.5) is 0 Å². The molecule has 0 bridgehead atoms. The van der Waals surface area contributed by atoms with E-state index in [-0.39, 0.29) is 0 Å². The van der Waals surface area contributed by atoms with Gasteiger partial charge in [0.1, 0.15) is 12.4 Å². The molecule has 2 rings (SSSR count). The van der Waals surface area contributed by atoms with Gasteiger partial charge in [0.05, 0.1) is 0 Å². The lowest BCUT2D eigenvalue weighted by Crippen LogP contribution is -1.99. The first-order chi connectivity index (χ1) is 9.08. The van der Waals surface area contributed by atoms with Gasteiger partial charge in [0.2, 0.25) is 0 Å². The normalized spacial score (nSPS) is 10.5. The molecule has 2 aromatic rings. The van der Waals surface area contributed by atoms with Crippen LogP contribution in [-0.2, 0) is 13.2 Å². The second-order valence-electron chi connectivity index (χ2n) is 4.74. The molecular weight excluding hydrogens is 258 g/mol. The molecule has 0 aliphatic heterocycles. The highest BCUT2D eigenvalue weighted by molar-refractivity contribution is 6.31. The minimum absolute atomic E-state index is 0.441. The fourth-order valence-electron chi connectivity index (χ4n) is 2.10. The number of halogens is 1. The summed E-state index contributed by atoms with van der Waals surface area (Å²) in [5, 5.41) is 0.653. The molecule has 0 heterocycles. The Morgan fingerprint density at radius 3 is 2.32 bits per heavy atom. The largest absolute Gasteiger partial charge is 0.489 e. The zero-order chi connectivity index (χ0) is 13.8. The van der Waals surface area contributed by atoms with E-state index in [2.05, 4.69) is 32.0 Å². The van der Waals surface area contributed by atoms with Crippen molar-refractivity contribution in [1.29, 1.82) is 0 Å². The number of hydrogen-bond donors (Lipinski definition) is 1. The van der Waals surface area contributed by atoms with Gasteiger partial charge < -0.3 is 10.5 Å². The van der Waals surface area contributed by atoms with Gasteiger partial charge in [-0.25, -0.2) is 0 Å². The summed E-state index contributed by atoms with van der Waals surface area (Å²) >= 11 is 6.10. The Labute approximate surface area is 119 Å². The van der Waals surface area contributed by atoms with E-state index in [0.29, 0.717) is 18.2 Å². The van der Waals surface area contributed by atoms with Gasteiger partial charge in [0, 0.05) is 11.6 Å². The van der Waals surface area contributed by atoms with Crippen molar-refractivity contribution in [3.63, 3.8) is 0 Å².